The zero-order valence-electron chi connectivity index (χ0n) is 20.7. The van der Waals surface area contributed by atoms with Crippen molar-refractivity contribution in [2.24, 2.45) is 29.6 Å². The van der Waals surface area contributed by atoms with Crippen molar-refractivity contribution in [1.82, 2.24) is 15.0 Å². The van der Waals surface area contributed by atoms with E-state index in [9.17, 15) is 4.79 Å². The van der Waals surface area contributed by atoms with Gasteiger partial charge in [-0.2, -0.15) is 0 Å². The molecule has 184 valence electrons. The first kappa shape index (κ1) is 22.6. The molecule has 4 aliphatic carbocycles. The number of fused-ring (bicyclic) bond motifs is 1. The summed E-state index contributed by atoms with van der Waals surface area (Å²) in [7, 11) is 0. The van der Waals surface area contributed by atoms with Crippen molar-refractivity contribution >= 4 is 17.0 Å². The number of nitrogens with zero attached hydrogens (tertiary/aromatic N) is 2. The lowest BCUT2D eigenvalue weighted by atomic mass is 9.51. The molecule has 4 aliphatic rings. The van der Waals surface area contributed by atoms with E-state index in [1.165, 1.54) is 32.1 Å². The highest BCUT2D eigenvalue weighted by Crippen LogP contribution is 2.59. The van der Waals surface area contributed by atoms with E-state index in [0.717, 1.165) is 34.4 Å². The molecule has 1 heterocycles. The molecule has 1 unspecified atom stereocenters. The standard InChI is InChI=1S/C29H35N3O3/c1-3-32(4-2)35-29(33)20-10-11-24-25(17-20)31-28(30-24)27(34-23-8-6-5-7-9-23)26-21-13-18-12-19(15-21)16-22(26)14-18/h5-11,17-19,21-22,26-27H,3-4,12-16H2,1-2H3,(H,30,31). The second-order valence-electron chi connectivity index (χ2n) is 10.7. The van der Waals surface area contributed by atoms with Crippen LogP contribution in [0.2, 0.25) is 0 Å². The molecule has 6 nitrogen and oxygen atoms in total. The normalized spacial score (nSPS) is 27.9. The molecule has 0 radical (unpaired) electrons. The highest BCUT2D eigenvalue weighted by Gasteiger charge is 2.52. The summed E-state index contributed by atoms with van der Waals surface area (Å²) >= 11 is 0. The Morgan fingerprint density at radius 1 is 1.00 bits per heavy atom. The molecule has 0 saturated heterocycles. The molecule has 0 aliphatic heterocycles. The van der Waals surface area contributed by atoms with Gasteiger partial charge in [0, 0.05) is 19.0 Å². The van der Waals surface area contributed by atoms with Gasteiger partial charge in [-0.3, -0.25) is 0 Å². The molecule has 4 bridgehead atoms. The van der Waals surface area contributed by atoms with Crippen LogP contribution in [0, 0.1) is 29.6 Å². The van der Waals surface area contributed by atoms with Crippen LogP contribution >= 0.6 is 0 Å². The summed E-state index contributed by atoms with van der Waals surface area (Å²) in [4.78, 5) is 26.7. The van der Waals surface area contributed by atoms with Gasteiger partial charge in [-0.25, -0.2) is 9.78 Å². The molecule has 4 fully saturated rings. The molecule has 7 rings (SSSR count). The third kappa shape index (κ3) is 4.33. The molecule has 1 atom stereocenters. The number of benzene rings is 2. The fourth-order valence-electron chi connectivity index (χ4n) is 7.24. The Labute approximate surface area is 207 Å². The van der Waals surface area contributed by atoms with Crippen LogP contribution in [-0.2, 0) is 4.84 Å². The van der Waals surface area contributed by atoms with Crippen molar-refractivity contribution in [3.63, 3.8) is 0 Å². The van der Waals surface area contributed by atoms with Crippen LogP contribution in [0.3, 0.4) is 0 Å². The minimum absolute atomic E-state index is 0.120. The third-order valence-corrected chi connectivity index (χ3v) is 8.58. The second kappa shape index (κ2) is 9.30. The molecular formula is C29H35N3O3. The monoisotopic (exact) mass is 473 g/mol. The van der Waals surface area contributed by atoms with Crippen LogP contribution in [0.1, 0.15) is 68.2 Å². The molecular weight excluding hydrogens is 438 g/mol. The number of aromatic nitrogens is 2. The van der Waals surface area contributed by atoms with Crippen molar-refractivity contribution in [2.75, 3.05) is 13.1 Å². The van der Waals surface area contributed by atoms with Crippen LogP contribution in [0.25, 0.3) is 11.0 Å². The van der Waals surface area contributed by atoms with Crippen LogP contribution in [0.15, 0.2) is 48.5 Å². The minimum Gasteiger partial charge on any atom is -0.482 e. The van der Waals surface area contributed by atoms with Crippen molar-refractivity contribution in [2.45, 2.75) is 52.1 Å². The summed E-state index contributed by atoms with van der Waals surface area (Å²) in [6, 6.07) is 15.7. The Bertz CT molecular complexity index is 1160. The number of aromatic amines is 1. The average Bonchev–Trinajstić information content (AvgIpc) is 3.29. The summed E-state index contributed by atoms with van der Waals surface area (Å²) in [5.74, 6) is 5.09. The Morgan fingerprint density at radius 2 is 1.69 bits per heavy atom. The fourth-order valence-corrected chi connectivity index (χ4v) is 7.24. The number of H-pyrrole nitrogens is 1. The van der Waals surface area contributed by atoms with E-state index in [0.29, 0.717) is 36.4 Å². The lowest BCUT2D eigenvalue weighted by Crippen LogP contribution is -2.48. The number of hydrogen-bond donors (Lipinski definition) is 1. The maximum Gasteiger partial charge on any atom is 0.357 e. The Kier molecular flexibility index (Phi) is 6.01. The highest BCUT2D eigenvalue weighted by molar-refractivity contribution is 5.93. The quantitative estimate of drug-likeness (QED) is 0.396. The largest absolute Gasteiger partial charge is 0.482 e. The topological polar surface area (TPSA) is 67.4 Å². The zero-order chi connectivity index (χ0) is 23.9. The van der Waals surface area contributed by atoms with Gasteiger partial charge in [-0.1, -0.05) is 18.2 Å². The smallest absolute Gasteiger partial charge is 0.357 e. The summed E-state index contributed by atoms with van der Waals surface area (Å²) in [6.45, 7) is 5.25. The number of carbonyl (C=O) groups is 1. The number of hydrogen-bond acceptors (Lipinski definition) is 5. The van der Waals surface area contributed by atoms with Crippen molar-refractivity contribution < 1.29 is 14.4 Å². The second-order valence-corrected chi connectivity index (χ2v) is 10.7. The molecule has 6 heteroatoms. The van der Waals surface area contributed by atoms with Gasteiger partial charge in [0.15, 0.2) is 6.10 Å². The zero-order valence-corrected chi connectivity index (χ0v) is 20.7. The number of ether oxygens (including phenoxy) is 1. The SMILES string of the molecule is CCN(CC)OC(=O)c1ccc2nc(C(Oc3ccccc3)C3C4CC5CC(C4)CC3C5)[nH]c2c1. The van der Waals surface area contributed by atoms with E-state index in [1.54, 1.807) is 11.1 Å². The lowest BCUT2D eigenvalue weighted by molar-refractivity contribution is -0.103. The third-order valence-electron chi connectivity index (χ3n) is 8.58. The summed E-state index contributed by atoms with van der Waals surface area (Å²) in [5, 5.41) is 1.65. The summed E-state index contributed by atoms with van der Waals surface area (Å²) in [6.07, 6.45) is 6.62. The fraction of sp³-hybridized carbons (Fsp3) is 0.517. The van der Waals surface area contributed by atoms with E-state index in [2.05, 4.69) is 4.98 Å². The molecule has 0 spiro atoms. The number of nitrogens with one attached hydrogen (secondary N) is 1. The maximum atomic E-state index is 12.7. The Hall–Kier alpha value is -2.86. The van der Waals surface area contributed by atoms with Crippen molar-refractivity contribution in [1.29, 1.82) is 0 Å². The average molecular weight is 474 g/mol. The first-order valence-electron chi connectivity index (χ1n) is 13.3. The maximum absolute atomic E-state index is 12.7. The van der Waals surface area contributed by atoms with Gasteiger partial charge < -0.3 is 14.6 Å². The molecule has 4 saturated carbocycles. The Morgan fingerprint density at radius 3 is 2.34 bits per heavy atom. The molecule has 0 amide bonds. The predicted molar refractivity (Wildman–Crippen MR) is 135 cm³/mol. The molecule has 3 aromatic rings. The van der Waals surface area contributed by atoms with Gasteiger partial charge >= 0.3 is 5.97 Å². The van der Waals surface area contributed by atoms with Crippen LogP contribution in [0.5, 0.6) is 5.75 Å². The number of hydroxylamine groups is 2. The van der Waals surface area contributed by atoms with Crippen molar-refractivity contribution in [3.8, 4) is 5.75 Å². The number of rotatable bonds is 8. The van der Waals surface area contributed by atoms with Crippen molar-refractivity contribution in [3.05, 3.63) is 59.9 Å². The lowest BCUT2D eigenvalue weighted by Gasteiger charge is -2.55. The first-order valence-corrected chi connectivity index (χ1v) is 13.3. The van der Waals surface area contributed by atoms with E-state index < -0.39 is 0 Å². The van der Waals surface area contributed by atoms with E-state index in [-0.39, 0.29) is 12.1 Å². The van der Waals surface area contributed by atoms with Gasteiger partial charge in [0.1, 0.15) is 11.6 Å². The molecule has 1 aromatic heterocycles. The number of para-hydroxylation sites is 1. The molecule has 35 heavy (non-hydrogen) atoms. The van der Waals surface area contributed by atoms with E-state index >= 15 is 0 Å². The number of carbonyl (C=O) groups excluding carboxylic acids is 1. The molecule has 2 aromatic carbocycles. The highest BCUT2D eigenvalue weighted by atomic mass is 16.7. The summed E-state index contributed by atoms with van der Waals surface area (Å²) < 4.78 is 6.72. The van der Waals surface area contributed by atoms with Gasteiger partial charge in [0.05, 0.1) is 16.6 Å². The van der Waals surface area contributed by atoms with Gasteiger partial charge in [-0.15, -0.1) is 5.06 Å². The first-order chi connectivity index (χ1) is 17.1. The van der Waals surface area contributed by atoms with Crippen LogP contribution in [-0.4, -0.2) is 34.1 Å². The summed E-state index contributed by atoms with van der Waals surface area (Å²) in [5.41, 5.74) is 2.22. The van der Waals surface area contributed by atoms with Crippen LogP contribution in [0.4, 0.5) is 0 Å². The van der Waals surface area contributed by atoms with Gasteiger partial charge in [0.2, 0.25) is 0 Å². The van der Waals surface area contributed by atoms with E-state index in [4.69, 9.17) is 14.6 Å². The van der Waals surface area contributed by atoms with E-state index in [1.807, 2.05) is 56.3 Å². The Balaban J connectivity index is 1.33. The predicted octanol–water partition coefficient (Wildman–Crippen LogP) is 6.17. The van der Waals surface area contributed by atoms with Gasteiger partial charge in [0.25, 0.3) is 0 Å². The number of imidazole rings is 1. The minimum atomic E-state index is -0.343. The van der Waals surface area contributed by atoms with Crippen LogP contribution < -0.4 is 4.74 Å². The van der Waals surface area contributed by atoms with Gasteiger partial charge in [-0.05, 0) is 100.0 Å². The molecule has 1 N–H and O–H groups in total.